The fourth-order valence-corrected chi connectivity index (χ4v) is 1.09. The molecular formula is C2H7LiO7P2. The first kappa shape index (κ1) is 15.3. The Bertz CT molecular complexity index is 161. The summed E-state index contributed by atoms with van der Waals surface area (Å²) in [6.45, 7) is 1.20. The summed E-state index contributed by atoms with van der Waals surface area (Å²) in [5.74, 6) is 0. The van der Waals surface area contributed by atoms with E-state index in [0.29, 0.717) is 0 Å². The second-order valence-corrected chi connectivity index (χ2v) is 3.05. The molecule has 0 spiro atoms. The van der Waals surface area contributed by atoms with Crippen LogP contribution in [-0.4, -0.2) is 11.5 Å². The van der Waals surface area contributed by atoms with Crippen LogP contribution in [0.15, 0.2) is 0 Å². The van der Waals surface area contributed by atoms with Crippen molar-refractivity contribution in [3.8, 4) is 0 Å². The van der Waals surface area contributed by atoms with Crippen molar-refractivity contribution in [2.24, 2.45) is 0 Å². The third-order valence-electron chi connectivity index (χ3n) is 0.599. The van der Waals surface area contributed by atoms with Crippen molar-refractivity contribution in [3.05, 3.63) is 0 Å². The van der Waals surface area contributed by atoms with Crippen LogP contribution in [0.4, 0.5) is 0 Å². The van der Waals surface area contributed by atoms with Gasteiger partial charge in [0.15, 0.2) is 6.29 Å². The van der Waals surface area contributed by atoms with Gasteiger partial charge in [0.25, 0.3) is 0 Å². The van der Waals surface area contributed by atoms with Crippen LogP contribution in [0.2, 0.25) is 0 Å². The van der Waals surface area contributed by atoms with E-state index in [-0.39, 0.29) is 18.9 Å². The summed E-state index contributed by atoms with van der Waals surface area (Å²) in [7, 11) is -6.43. The predicted octanol–water partition coefficient (Wildman–Crippen LogP) is -3.00. The molecule has 3 atom stereocenters. The van der Waals surface area contributed by atoms with Gasteiger partial charge in [-0.2, -0.15) is 4.67 Å². The van der Waals surface area contributed by atoms with Gasteiger partial charge in [-0.25, -0.2) is 5.26 Å². The van der Waals surface area contributed by atoms with Crippen LogP contribution in [0.25, 0.3) is 0 Å². The van der Waals surface area contributed by atoms with Gasteiger partial charge < -0.3 is 14.0 Å². The number of hydrogen-bond donors (Lipinski definition) is 1. The van der Waals surface area contributed by atoms with E-state index in [1.165, 1.54) is 6.92 Å². The van der Waals surface area contributed by atoms with E-state index in [9.17, 15) is 14.0 Å². The summed E-state index contributed by atoms with van der Waals surface area (Å²) in [6.07, 6.45) is -1.21. The maximum absolute atomic E-state index is 10.2. The first-order chi connectivity index (χ1) is 5.06. The largest absolute Gasteiger partial charge is 1.00 e. The molecule has 7 nitrogen and oxygen atoms in total. The van der Waals surface area contributed by atoms with Crippen LogP contribution in [0.1, 0.15) is 6.92 Å². The molecule has 1 N–H and O–H groups in total. The standard InChI is InChI=1S/C2H8O7P2.Li/c1-2(7-10(4)5)8-11(6)9-3;/h2-3,10-11H,1H3,(H,4,5);/q;+1/p-1. The van der Waals surface area contributed by atoms with Gasteiger partial charge in [0.05, 0.1) is 0 Å². The molecular weight excluding hydrogens is 205 g/mol. The third kappa shape index (κ3) is 8.95. The van der Waals surface area contributed by atoms with E-state index in [1.54, 1.807) is 0 Å². The van der Waals surface area contributed by atoms with E-state index in [0.717, 1.165) is 0 Å². The smallest absolute Gasteiger partial charge is 0.781 e. The summed E-state index contributed by atoms with van der Waals surface area (Å²) in [4.78, 5) is 9.86. The Hall–Kier alpha value is 0.857. The Kier molecular flexibility index (Phi) is 10.8. The normalized spacial score (nSPS) is 17.6. The Morgan fingerprint density at radius 1 is 1.42 bits per heavy atom. The van der Waals surface area contributed by atoms with E-state index in [4.69, 9.17) is 5.26 Å². The second-order valence-electron chi connectivity index (χ2n) is 1.39. The van der Waals surface area contributed by atoms with Gasteiger partial charge in [-0.15, -0.1) is 0 Å². The first-order valence-electron chi connectivity index (χ1n) is 2.46. The average Bonchev–Trinajstić information content (AvgIpc) is 1.85. The molecule has 10 heteroatoms. The van der Waals surface area contributed by atoms with Crippen molar-refractivity contribution in [2.75, 3.05) is 0 Å². The SMILES string of the molecule is CC(O[PH](=O)[O-])O[PH](=O)OO.[Li+]. The monoisotopic (exact) mass is 212 g/mol. The van der Waals surface area contributed by atoms with E-state index < -0.39 is 22.8 Å². The molecule has 3 unspecified atom stereocenters. The molecule has 0 aliphatic rings. The fraction of sp³-hybridized carbons (Fsp3) is 1.00. The molecule has 0 fully saturated rings. The third-order valence-corrected chi connectivity index (χ3v) is 1.80. The Labute approximate surface area is 82.0 Å². The van der Waals surface area contributed by atoms with Crippen molar-refractivity contribution in [1.82, 2.24) is 0 Å². The zero-order valence-corrected chi connectivity index (χ0v) is 8.47. The second kappa shape index (κ2) is 8.46. The van der Waals surface area contributed by atoms with E-state index in [1.807, 2.05) is 0 Å². The van der Waals surface area contributed by atoms with Crippen LogP contribution in [0.5, 0.6) is 0 Å². The van der Waals surface area contributed by atoms with Crippen molar-refractivity contribution >= 4 is 16.5 Å². The minimum absolute atomic E-state index is 0. The molecule has 12 heavy (non-hydrogen) atoms. The topological polar surface area (TPSA) is 105 Å². The van der Waals surface area contributed by atoms with Gasteiger partial charge in [-0.1, -0.05) is 0 Å². The summed E-state index contributed by atoms with van der Waals surface area (Å²) in [6, 6.07) is 0. The number of rotatable bonds is 5. The first-order valence-corrected chi connectivity index (χ1v) is 4.91. The zero-order chi connectivity index (χ0) is 8.85. The molecule has 0 rings (SSSR count). The Balaban J connectivity index is 0. The summed E-state index contributed by atoms with van der Waals surface area (Å²) in [5, 5.41) is 7.72. The van der Waals surface area contributed by atoms with Crippen molar-refractivity contribution < 1.29 is 51.9 Å². The van der Waals surface area contributed by atoms with Crippen molar-refractivity contribution in [2.45, 2.75) is 13.2 Å². The van der Waals surface area contributed by atoms with Crippen molar-refractivity contribution in [3.63, 3.8) is 0 Å². The van der Waals surface area contributed by atoms with Gasteiger partial charge in [0.1, 0.15) is 8.25 Å². The van der Waals surface area contributed by atoms with Crippen LogP contribution in [0.3, 0.4) is 0 Å². The molecule has 0 radical (unpaired) electrons. The minimum Gasteiger partial charge on any atom is -0.781 e. The van der Waals surface area contributed by atoms with Gasteiger partial charge in [-0.3, -0.25) is 9.09 Å². The molecule has 0 aliphatic carbocycles. The minimum atomic E-state index is -3.37. The molecule has 0 saturated heterocycles. The molecule has 0 bridgehead atoms. The van der Waals surface area contributed by atoms with Gasteiger partial charge >= 0.3 is 27.1 Å². The van der Waals surface area contributed by atoms with E-state index >= 15 is 0 Å². The molecule has 0 saturated carbocycles. The van der Waals surface area contributed by atoms with Gasteiger partial charge in [0.2, 0.25) is 0 Å². The van der Waals surface area contributed by atoms with Crippen LogP contribution in [0, 0.1) is 0 Å². The summed E-state index contributed by atoms with van der Waals surface area (Å²) in [5.41, 5.74) is 0. The van der Waals surface area contributed by atoms with Crippen LogP contribution >= 0.6 is 16.5 Å². The molecule has 0 aromatic carbocycles. The maximum atomic E-state index is 10.2. The van der Waals surface area contributed by atoms with Crippen LogP contribution < -0.4 is 23.8 Å². The fourth-order valence-electron chi connectivity index (χ4n) is 0.317. The van der Waals surface area contributed by atoms with Crippen molar-refractivity contribution in [1.29, 1.82) is 0 Å². The maximum Gasteiger partial charge on any atom is 1.00 e. The molecule has 68 valence electrons. The van der Waals surface area contributed by atoms with Crippen LogP contribution in [-0.2, 0) is 22.9 Å². The van der Waals surface area contributed by atoms with E-state index in [2.05, 4.69) is 13.7 Å². The molecule has 0 heterocycles. The summed E-state index contributed by atoms with van der Waals surface area (Å²) >= 11 is 0. The Morgan fingerprint density at radius 2 is 1.92 bits per heavy atom. The zero-order valence-electron chi connectivity index (χ0n) is 6.47. The average molecular weight is 212 g/mol. The number of hydrogen-bond acceptors (Lipinski definition) is 7. The predicted molar refractivity (Wildman–Crippen MR) is 33.3 cm³/mol. The molecule has 0 aromatic heterocycles. The molecule has 0 aliphatic heterocycles. The van der Waals surface area contributed by atoms with Gasteiger partial charge in [-0.05, 0) is 6.92 Å². The Morgan fingerprint density at radius 3 is 2.25 bits per heavy atom. The molecule has 0 aromatic rings. The van der Waals surface area contributed by atoms with Gasteiger partial charge in [0, 0.05) is 0 Å². The quantitative estimate of drug-likeness (QED) is 0.170. The summed E-state index contributed by atoms with van der Waals surface area (Å²) < 4.78 is 31.5. The molecule has 0 amide bonds.